The molecule has 4 rings (SSSR count). The molecule has 0 aliphatic heterocycles. The summed E-state index contributed by atoms with van der Waals surface area (Å²) >= 11 is 0. The highest BCUT2D eigenvalue weighted by Gasteiger charge is 2.42. The highest BCUT2D eigenvalue weighted by molar-refractivity contribution is 5.74. The van der Waals surface area contributed by atoms with Crippen LogP contribution in [0.1, 0.15) is 31.2 Å². The first-order valence-electron chi connectivity index (χ1n) is 7.36. The van der Waals surface area contributed by atoms with Crippen molar-refractivity contribution in [3.63, 3.8) is 0 Å². The molecule has 0 bridgehead atoms. The molecule has 4 heteroatoms. The average Bonchev–Trinajstić information content (AvgIpc) is 3.39. The van der Waals surface area contributed by atoms with E-state index in [2.05, 4.69) is 4.98 Å². The molecule has 2 N–H and O–H groups in total. The molecule has 2 aromatic rings. The van der Waals surface area contributed by atoms with Crippen LogP contribution in [-0.4, -0.2) is 11.1 Å². The van der Waals surface area contributed by atoms with E-state index in [4.69, 9.17) is 10.5 Å². The predicted molar refractivity (Wildman–Crippen MR) is 78.4 cm³/mol. The molecule has 0 unspecified atom stereocenters. The van der Waals surface area contributed by atoms with E-state index >= 15 is 0 Å². The van der Waals surface area contributed by atoms with Crippen LogP contribution in [-0.2, 0) is 5.54 Å². The third-order valence-corrected chi connectivity index (χ3v) is 4.20. The number of halogens is 1. The Morgan fingerprint density at radius 2 is 2.00 bits per heavy atom. The van der Waals surface area contributed by atoms with E-state index < -0.39 is 0 Å². The van der Waals surface area contributed by atoms with Gasteiger partial charge in [-0.25, -0.2) is 4.39 Å². The number of nitrogens with zero attached hydrogens (tertiary/aromatic N) is 1. The van der Waals surface area contributed by atoms with E-state index in [-0.39, 0.29) is 17.5 Å². The van der Waals surface area contributed by atoms with Gasteiger partial charge in [-0.3, -0.25) is 4.98 Å². The van der Waals surface area contributed by atoms with Crippen LogP contribution in [0.25, 0.3) is 11.1 Å². The summed E-state index contributed by atoms with van der Waals surface area (Å²) in [6, 6.07) is 6.65. The zero-order chi connectivity index (χ0) is 14.4. The molecule has 1 aromatic heterocycles. The maximum atomic E-state index is 13.6. The van der Waals surface area contributed by atoms with Gasteiger partial charge in [-0.05, 0) is 55.0 Å². The van der Waals surface area contributed by atoms with Gasteiger partial charge in [0.2, 0.25) is 0 Å². The first-order chi connectivity index (χ1) is 10.2. The Labute approximate surface area is 123 Å². The first-order valence-corrected chi connectivity index (χ1v) is 7.36. The number of benzene rings is 1. The van der Waals surface area contributed by atoms with Gasteiger partial charge >= 0.3 is 0 Å². The Hall–Kier alpha value is -1.94. The molecule has 1 aromatic carbocycles. The molecule has 3 nitrogen and oxygen atoms in total. The van der Waals surface area contributed by atoms with Gasteiger partial charge in [-0.15, -0.1) is 0 Å². The summed E-state index contributed by atoms with van der Waals surface area (Å²) in [4.78, 5) is 4.20. The molecule has 0 atom stereocenters. The lowest BCUT2D eigenvalue weighted by Crippen LogP contribution is -2.20. The predicted octanol–water partition coefficient (Wildman–Crippen LogP) is 3.38. The molecule has 2 aliphatic rings. The molecule has 0 spiro atoms. The fourth-order valence-electron chi connectivity index (χ4n) is 2.61. The second kappa shape index (κ2) is 4.53. The molecule has 2 saturated carbocycles. The van der Waals surface area contributed by atoms with Crippen molar-refractivity contribution >= 4 is 0 Å². The van der Waals surface area contributed by atoms with Crippen LogP contribution in [0.4, 0.5) is 4.39 Å². The smallest absolute Gasteiger partial charge is 0.130 e. The number of rotatable bonds is 4. The molecule has 108 valence electrons. The lowest BCUT2D eigenvalue weighted by molar-refractivity contribution is 0.303. The van der Waals surface area contributed by atoms with E-state index in [9.17, 15) is 4.39 Å². The summed E-state index contributed by atoms with van der Waals surface area (Å²) in [6.07, 6.45) is 7.81. The van der Waals surface area contributed by atoms with Crippen molar-refractivity contribution in [1.29, 1.82) is 0 Å². The second-order valence-electron chi connectivity index (χ2n) is 6.04. The lowest BCUT2D eigenvalue weighted by atomic mass is 9.95. The molecule has 0 radical (unpaired) electrons. The summed E-state index contributed by atoms with van der Waals surface area (Å²) in [5.41, 5.74) is 8.99. The van der Waals surface area contributed by atoms with Gasteiger partial charge < -0.3 is 10.5 Å². The third-order valence-electron chi connectivity index (χ3n) is 4.20. The number of hydrogen-bond acceptors (Lipinski definition) is 3. The number of nitrogens with two attached hydrogens (primary N) is 1. The zero-order valence-corrected chi connectivity index (χ0v) is 11.7. The normalized spacial score (nSPS) is 19.3. The Balaban J connectivity index is 1.83. The topological polar surface area (TPSA) is 48.1 Å². The molecular formula is C17H17FN2O. The van der Waals surface area contributed by atoms with Crippen LogP contribution in [0.2, 0.25) is 0 Å². The minimum absolute atomic E-state index is 0.226. The molecule has 1 heterocycles. The van der Waals surface area contributed by atoms with E-state index in [1.165, 1.54) is 12.1 Å². The average molecular weight is 284 g/mol. The van der Waals surface area contributed by atoms with Gasteiger partial charge in [-0.2, -0.15) is 0 Å². The van der Waals surface area contributed by atoms with Gasteiger partial charge in [0.15, 0.2) is 0 Å². The van der Waals surface area contributed by atoms with Crippen LogP contribution >= 0.6 is 0 Å². The molecule has 0 amide bonds. The fraction of sp³-hybridized carbons (Fsp3) is 0.353. The summed E-state index contributed by atoms with van der Waals surface area (Å²) in [6.45, 7) is 0. The van der Waals surface area contributed by atoms with Crippen LogP contribution in [0.5, 0.6) is 5.75 Å². The van der Waals surface area contributed by atoms with Crippen molar-refractivity contribution in [1.82, 2.24) is 4.98 Å². The van der Waals surface area contributed by atoms with Crippen LogP contribution in [0.15, 0.2) is 36.7 Å². The van der Waals surface area contributed by atoms with Crippen LogP contribution < -0.4 is 10.5 Å². The van der Waals surface area contributed by atoms with Gasteiger partial charge in [0.25, 0.3) is 0 Å². The summed E-state index contributed by atoms with van der Waals surface area (Å²) < 4.78 is 19.4. The van der Waals surface area contributed by atoms with E-state index in [0.29, 0.717) is 5.75 Å². The van der Waals surface area contributed by atoms with Crippen molar-refractivity contribution in [2.45, 2.75) is 37.3 Å². The number of aromatic nitrogens is 1. The Bertz CT molecular complexity index is 693. The fourth-order valence-corrected chi connectivity index (χ4v) is 2.61. The molecule has 0 saturated heterocycles. The SMILES string of the molecule is NC1(c2cnccc2-c2ccc(F)cc2OC2CC2)CC1. The monoisotopic (exact) mass is 284 g/mol. The van der Waals surface area contributed by atoms with Crippen molar-refractivity contribution < 1.29 is 9.13 Å². The molecular weight excluding hydrogens is 267 g/mol. The first kappa shape index (κ1) is 12.8. The minimum Gasteiger partial charge on any atom is -0.490 e. The highest BCUT2D eigenvalue weighted by atomic mass is 19.1. The van der Waals surface area contributed by atoms with Gasteiger partial charge in [0.05, 0.1) is 6.10 Å². The lowest BCUT2D eigenvalue weighted by Gasteiger charge is -2.17. The van der Waals surface area contributed by atoms with Gasteiger partial charge in [0.1, 0.15) is 11.6 Å². The number of hydrogen-bond donors (Lipinski definition) is 1. The maximum absolute atomic E-state index is 13.6. The molecule has 2 aliphatic carbocycles. The number of ether oxygens (including phenoxy) is 1. The Kier molecular flexibility index (Phi) is 2.76. The van der Waals surface area contributed by atoms with E-state index in [0.717, 1.165) is 42.4 Å². The third kappa shape index (κ3) is 2.40. The van der Waals surface area contributed by atoms with Crippen molar-refractivity contribution in [3.8, 4) is 16.9 Å². The standard InChI is InChI=1S/C17H17FN2O/c18-11-1-4-14(16(9-11)21-12-2-3-12)13-5-8-20-10-15(13)17(19)6-7-17/h1,4-5,8-10,12H,2-3,6-7,19H2. The van der Waals surface area contributed by atoms with Crippen molar-refractivity contribution in [2.75, 3.05) is 0 Å². The summed E-state index contributed by atoms with van der Waals surface area (Å²) in [7, 11) is 0. The largest absolute Gasteiger partial charge is 0.490 e. The highest BCUT2D eigenvalue weighted by Crippen LogP contribution is 2.47. The van der Waals surface area contributed by atoms with Gasteiger partial charge in [0, 0.05) is 29.6 Å². The Morgan fingerprint density at radius 1 is 1.19 bits per heavy atom. The quantitative estimate of drug-likeness (QED) is 0.936. The van der Waals surface area contributed by atoms with Crippen molar-refractivity contribution in [3.05, 3.63) is 48.0 Å². The van der Waals surface area contributed by atoms with Gasteiger partial charge in [-0.1, -0.05) is 0 Å². The maximum Gasteiger partial charge on any atom is 0.130 e. The molecule has 21 heavy (non-hydrogen) atoms. The summed E-state index contributed by atoms with van der Waals surface area (Å²) in [5.74, 6) is 0.327. The molecule has 2 fully saturated rings. The summed E-state index contributed by atoms with van der Waals surface area (Å²) in [5, 5.41) is 0. The Morgan fingerprint density at radius 3 is 2.71 bits per heavy atom. The second-order valence-corrected chi connectivity index (χ2v) is 6.04. The minimum atomic E-state index is -0.283. The number of pyridine rings is 1. The van der Waals surface area contributed by atoms with E-state index in [1.807, 2.05) is 12.3 Å². The van der Waals surface area contributed by atoms with Crippen LogP contribution in [0, 0.1) is 5.82 Å². The van der Waals surface area contributed by atoms with E-state index in [1.54, 1.807) is 12.3 Å². The van der Waals surface area contributed by atoms with Crippen LogP contribution in [0.3, 0.4) is 0 Å². The van der Waals surface area contributed by atoms with Crippen molar-refractivity contribution in [2.24, 2.45) is 5.73 Å². The zero-order valence-electron chi connectivity index (χ0n) is 11.7.